The third kappa shape index (κ3) is 2.54. The molecule has 0 aliphatic heterocycles. The highest BCUT2D eigenvalue weighted by atomic mass is 16.1. The Morgan fingerprint density at radius 3 is 2.67 bits per heavy atom. The fraction of sp³-hybridized carbons (Fsp3) is 0.333. The summed E-state index contributed by atoms with van der Waals surface area (Å²) in [7, 11) is 0. The molecule has 1 aliphatic carbocycles. The van der Waals surface area contributed by atoms with Gasteiger partial charge in [-0.25, -0.2) is 9.50 Å². The molecule has 0 spiro atoms. The van der Waals surface area contributed by atoms with Crippen molar-refractivity contribution in [2.24, 2.45) is 5.73 Å². The monoisotopic (exact) mass is 323 g/mol. The van der Waals surface area contributed by atoms with Gasteiger partial charge in [0.2, 0.25) is 0 Å². The number of H-pyrrole nitrogens is 1. The summed E-state index contributed by atoms with van der Waals surface area (Å²) in [5, 5.41) is 6.75. The quantitative estimate of drug-likeness (QED) is 0.689. The van der Waals surface area contributed by atoms with Gasteiger partial charge >= 0.3 is 0 Å². The van der Waals surface area contributed by atoms with E-state index in [0.29, 0.717) is 17.3 Å². The average Bonchev–Trinajstić information content (AvgIpc) is 3.17. The number of anilines is 1. The number of hydrogen-bond acceptors (Lipinski definition) is 3. The molecule has 2 heterocycles. The van der Waals surface area contributed by atoms with Crippen molar-refractivity contribution < 1.29 is 4.79 Å². The van der Waals surface area contributed by atoms with Crippen LogP contribution in [-0.4, -0.2) is 26.5 Å². The van der Waals surface area contributed by atoms with E-state index in [1.54, 1.807) is 6.20 Å². The third-order valence-electron chi connectivity index (χ3n) is 4.72. The van der Waals surface area contributed by atoms with Gasteiger partial charge < -0.3 is 11.1 Å². The molecule has 3 aromatic rings. The maximum absolute atomic E-state index is 11.7. The minimum atomic E-state index is -0.477. The van der Waals surface area contributed by atoms with Crippen molar-refractivity contribution in [1.29, 1.82) is 0 Å². The van der Waals surface area contributed by atoms with Crippen LogP contribution < -0.4 is 11.1 Å². The minimum absolute atomic E-state index is 0.406. The predicted molar refractivity (Wildman–Crippen MR) is 94.0 cm³/mol. The smallest absolute Gasteiger partial charge is 0.254 e. The highest BCUT2D eigenvalue weighted by Gasteiger charge is 2.22. The number of carbonyl (C=O) groups excluding carboxylic acids is 1. The average molecular weight is 323 g/mol. The number of fused-ring (bicyclic) bond motifs is 1. The van der Waals surface area contributed by atoms with E-state index in [-0.39, 0.29) is 0 Å². The number of nitrogens with one attached hydrogen (secondary N) is 2. The Morgan fingerprint density at radius 2 is 1.96 bits per heavy atom. The second-order valence-corrected chi connectivity index (χ2v) is 6.36. The van der Waals surface area contributed by atoms with Crippen molar-refractivity contribution >= 4 is 17.4 Å². The first-order valence-electron chi connectivity index (χ1n) is 8.45. The summed E-state index contributed by atoms with van der Waals surface area (Å²) in [6.07, 6.45) is 7.73. The van der Waals surface area contributed by atoms with Crippen molar-refractivity contribution in [3.8, 4) is 11.3 Å². The molecule has 0 radical (unpaired) electrons. The molecule has 1 aromatic carbocycles. The Morgan fingerprint density at radius 1 is 1.21 bits per heavy atom. The van der Waals surface area contributed by atoms with Crippen LogP contribution in [0.15, 0.2) is 36.5 Å². The first-order valence-corrected chi connectivity index (χ1v) is 8.45. The number of nitrogens with two attached hydrogens (primary N) is 1. The van der Waals surface area contributed by atoms with E-state index >= 15 is 0 Å². The standard InChI is InChI=1S/C18H21N5O/c19-16(24)14-11-20-23-17(14)22-15(12-7-3-1-4-8-12)18(23)21-13-9-5-2-6-10-13/h1,3-4,7-8,11,13,20-21H,2,5-6,9-10H2,(H2,19,24). The molecular weight excluding hydrogens is 302 g/mol. The number of benzene rings is 1. The summed E-state index contributed by atoms with van der Waals surface area (Å²) in [5.41, 5.74) is 8.31. The van der Waals surface area contributed by atoms with Crippen LogP contribution in [0.3, 0.4) is 0 Å². The molecule has 1 saturated carbocycles. The van der Waals surface area contributed by atoms with Gasteiger partial charge in [-0.3, -0.25) is 9.89 Å². The number of primary amides is 1. The molecular formula is C18H21N5O. The van der Waals surface area contributed by atoms with Crippen molar-refractivity contribution in [2.45, 2.75) is 38.1 Å². The molecule has 0 unspecified atom stereocenters. The molecule has 4 rings (SSSR count). The molecule has 4 N–H and O–H groups in total. The number of aromatic nitrogens is 3. The van der Waals surface area contributed by atoms with Crippen LogP contribution in [0, 0.1) is 0 Å². The van der Waals surface area contributed by atoms with E-state index in [1.807, 2.05) is 34.8 Å². The van der Waals surface area contributed by atoms with Gasteiger partial charge in [0.05, 0.1) is 0 Å². The van der Waals surface area contributed by atoms with E-state index in [0.717, 1.165) is 29.9 Å². The van der Waals surface area contributed by atoms with Crippen LogP contribution in [0.1, 0.15) is 42.5 Å². The normalized spacial score (nSPS) is 15.7. The second kappa shape index (κ2) is 6.03. The summed E-state index contributed by atoms with van der Waals surface area (Å²) in [5.74, 6) is 0.422. The van der Waals surface area contributed by atoms with Gasteiger partial charge in [0.25, 0.3) is 5.91 Å². The Hall–Kier alpha value is -2.76. The lowest BCUT2D eigenvalue weighted by Gasteiger charge is -2.23. The van der Waals surface area contributed by atoms with Crippen molar-refractivity contribution in [1.82, 2.24) is 14.6 Å². The Bertz CT molecular complexity index is 858. The zero-order chi connectivity index (χ0) is 16.5. The Labute approximate surface area is 140 Å². The molecule has 1 fully saturated rings. The molecule has 1 aliphatic rings. The van der Waals surface area contributed by atoms with Gasteiger partial charge in [-0.2, -0.15) is 0 Å². The van der Waals surface area contributed by atoms with Crippen molar-refractivity contribution in [2.75, 3.05) is 5.32 Å². The van der Waals surface area contributed by atoms with Gasteiger partial charge in [0.15, 0.2) is 11.5 Å². The van der Waals surface area contributed by atoms with Gasteiger partial charge in [-0.15, -0.1) is 0 Å². The molecule has 0 saturated heterocycles. The Balaban J connectivity index is 1.83. The van der Waals surface area contributed by atoms with Crippen LogP contribution in [-0.2, 0) is 0 Å². The minimum Gasteiger partial charge on any atom is -0.365 e. The van der Waals surface area contributed by atoms with Gasteiger partial charge in [0, 0.05) is 17.8 Å². The summed E-state index contributed by atoms with van der Waals surface area (Å²) in [6.45, 7) is 0. The van der Waals surface area contributed by atoms with Crippen LogP contribution >= 0.6 is 0 Å². The van der Waals surface area contributed by atoms with Crippen LogP contribution in [0.2, 0.25) is 0 Å². The largest absolute Gasteiger partial charge is 0.365 e. The zero-order valence-electron chi connectivity index (χ0n) is 13.5. The number of hydrogen-bond donors (Lipinski definition) is 3. The zero-order valence-corrected chi connectivity index (χ0v) is 13.5. The fourth-order valence-electron chi connectivity index (χ4n) is 3.47. The van der Waals surface area contributed by atoms with Crippen LogP contribution in [0.4, 0.5) is 5.82 Å². The first kappa shape index (κ1) is 14.8. The number of carbonyl (C=O) groups is 1. The van der Waals surface area contributed by atoms with E-state index in [4.69, 9.17) is 10.7 Å². The molecule has 24 heavy (non-hydrogen) atoms. The van der Waals surface area contributed by atoms with Crippen LogP contribution in [0.25, 0.3) is 16.9 Å². The fourth-order valence-corrected chi connectivity index (χ4v) is 3.47. The first-order chi connectivity index (χ1) is 11.7. The molecule has 6 heteroatoms. The van der Waals surface area contributed by atoms with Gasteiger partial charge in [-0.05, 0) is 12.8 Å². The summed E-state index contributed by atoms with van der Waals surface area (Å²) in [4.78, 5) is 16.3. The highest BCUT2D eigenvalue weighted by Crippen LogP contribution is 2.32. The van der Waals surface area contributed by atoms with E-state index in [9.17, 15) is 4.79 Å². The number of amides is 1. The maximum atomic E-state index is 11.7. The summed E-state index contributed by atoms with van der Waals surface area (Å²) < 4.78 is 1.83. The van der Waals surface area contributed by atoms with E-state index < -0.39 is 5.91 Å². The Kier molecular flexibility index (Phi) is 3.72. The van der Waals surface area contributed by atoms with E-state index in [1.165, 1.54) is 19.3 Å². The van der Waals surface area contributed by atoms with Gasteiger partial charge in [-0.1, -0.05) is 49.6 Å². The molecule has 0 bridgehead atoms. The third-order valence-corrected chi connectivity index (χ3v) is 4.72. The lowest BCUT2D eigenvalue weighted by molar-refractivity contribution is 0.100. The van der Waals surface area contributed by atoms with Gasteiger partial charge in [0.1, 0.15) is 11.3 Å². The van der Waals surface area contributed by atoms with Crippen LogP contribution in [0.5, 0.6) is 0 Å². The molecule has 124 valence electrons. The number of imidazole rings is 1. The lowest BCUT2D eigenvalue weighted by Crippen LogP contribution is -2.23. The molecule has 0 atom stereocenters. The number of nitrogens with zero attached hydrogens (tertiary/aromatic N) is 2. The predicted octanol–water partition coefficient (Wildman–Crippen LogP) is 3.17. The van der Waals surface area contributed by atoms with E-state index in [2.05, 4.69) is 10.4 Å². The summed E-state index contributed by atoms with van der Waals surface area (Å²) in [6, 6.07) is 10.4. The molecule has 6 nitrogen and oxygen atoms in total. The highest BCUT2D eigenvalue weighted by molar-refractivity contribution is 5.99. The lowest BCUT2D eigenvalue weighted by atomic mass is 9.95. The molecule has 1 amide bonds. The summed E-state index contributed by atoms with van der Waals surface area (Å²) >= 11 is 0. The molecule has 2 aromatic heterocycles. The maximum Gasteiger partial charge on any atom is 0.254 e. The van der Waals surface area contributed by atoms with Crippen molar-refractivity contribution in [3.63, 3.8) is 0 Å². The SMILES string of the molecule is NC(=O)c1c[nH]n2c(NC3CCCCC3)c(-c3ccccc3)nc12. The number of rotatable bonds is 4. The topological polar surface area (TPSA) is 88.2 Å². The number of aromatic amines is 1. The second-order valence-electron chi connectivity index (χ2n) is 6.36. The van der Waals surface area contributed by atoms with Crippen molar-refractivity contribution in [3.05, 3.63) is 42.1 Å².